The quantitative estimate of drug-likeness (QED) is 0.795. The molecule has 0 bridgehead atoms. The maximum atomic E-state index is 5.55. The van der Waals surface area contributed by atoms with Gasteiger partial charge in [0.1, 0.15) is 0 Å². The monoisotopic (exact) mass is 299 g/mol. The highest BCUT2D eigenvalue weighted by Gasteiger charge is 2.34. The van der Waals surface area contributed by atoms with Crippen molar-refractivity contribution in [3.8, 4) is 0 Å². The van der Waals surface area contributed by atoms with E-state index in [0.717, 1.165) is 24.9 Å². The van der Waals surface area contributed by atoms with Crippen molar-refractivity contribution in [2.45, 2.75) is 52.9 Å². The summed E-state index contributed by atoms with van der Waals surface area (Å²) in [5, 5.41) is 0. The van der Waals surface area contributed by atoms with E-state index in [1.54, 1.807) is 0 Å². The van der Waals surface area contributed by atoms with Gasteiger partial charge >= 0.3 is 0 Å². The molecule has 20 heavy (non-hydrogen) atoms. The highest BCUT2D eigenvalue weighted by molar-refractivity contribution is 7.80. The summed E-state index contributed by atoms with van der Waals surface area (Å²) in [5.74, 6) is 1.89. The van der Waals surface area contributed by atoms with Gasteiger partial charge < -0.3 is 9.64 Å². The van der Waals surface area contributed by atoms with Crippen molar-refractivity contribution in [2.24, 2.45) is 16.7 Å². The zero-order chi connectivity index (χ0) is 14.6. The van der Waals surface area contributed by atoms with Crippen molar-refractivity contribution in [3.05, 3.63) is 0 Å². The minimum atomic E-state index is 0.406. The van der Waals surface area contributed by atoms with E-state index < -0.39 is 0 Å². The van der Waals surface area contributed by atoms with Crippen LogP contribution in [0.4, 0.5) is 0 Å². The van der Waals surface area contributed by atoms with Gasteiger partial charge in [0.2, 0.25) is 0 Å². The van der Waals surface area contributed by atoms with Gasteiger partial charge in [0, 0.05) is 19.8 Å². The van der Waals surface area contributed by atoms with Gasteiger partial charge in [-0.2, -0.15) is 12.6 Å². The molecular formula is C17H33NOS. The van der Waals surface area contributed by atoms with E-state index >= 15 is 0 Å². The normalized spacial score (nSPS) is 29.1. The van der Waals surface area contributed by atoms with E-state index in [1.807, 2.05) is 0 Å². The van der Waals surface area contributed by atoms with Crippen LogP contribution in [0.3, 0.4) is 0 Å². The van der Waals surface area contributed by atoms with Crippen molar-refractivity contribution in [3.63, 3.8) is 0 Å². The number of ether oxygens (including phenoxy) is 1. The minimum Gasteiger partial charge on any atom is -0.381 e. The molecule has 0 saturated carbocycles. The largest absolute Gasteiger partial charge is 0.381 e. The fraction of sp³-hybridized carbons (Fsp3) is 1.00. The Hall–Kier alpha value is 0.270. The molecule has 0 N–H and O–H groups in total. The summed E-state index contributed by atoms with van der Waals surface area (Å²) in [6.07, 6.45) is 6.51. The standard InChI is InChI=1S/C17H33NOS/c1-16(2,3)15-5-4-9-18(10-6-15)13-17(14-20)7-11-19-12-8-17/h15,20H,4-14H2,1-3H3. The lowest BCUT2D eigenvalue weighted by atomic mass is 9.76. The second-order valence-electron chi connectivity index (χ2n) is 8.04. The van der Waals surface area contributed by atoms with Crippen LogP contribution in [0, 0.1) is 16.7 Å². The molecule has 2 fully saturated rings. The molecule has 2 saturated heterocycles. The Labute approximate surface area is 131 Å². The van der Waals surface area contributed by atoms with Crippen LogP contribution >= 0.6 is 12.6 Å². The van der Waals surface area contributed by atoms with E-state index in [1.165, 1.54) is 51.7 Å². The highest BCUT2D eigenvalue weighted by atomic mass is 32.1. The second kappa shape index (κ2) is 7.02. The van der Waals surface area contributed by atoms with Crippen LogP contribution in [0.1, 0.15) is 52.9 Å². The molecule has 0 aliphatic carbocycles. The fourth-order valence-electron chi connectivity index (χ4n) is 3.82. The Morgan fingerprint density at radius 1 is 1.15 bits per heavy atom. The summed E-state index contributed by atoms with van der Waals surface area (Å²) < 4.78 is 5.55. The number of nitrogens with zero attached hydrogens (tertiary/aromatic N) is 1. The molecule has 0 radical (unpaired) electrons. The average Bonchev–Trinajstić information content (AvgIpc) is 2.65. The maximum Gasteiger partial charge on any atom is 0.0472 e. The average molecular weight is 300 g/mol. The van der Waals surface area contributed by atoms with Crippen LogP contribution in [0.2, 0.25) is 0 Å². The Balaban J connectivity index is 1.90. The zero-order valence-corrected chi connectivity index (χ0v) is 14.6. The predicted molar refractivity (Wildman–Crippen MR) is 89.6 cm³/mol. The van der Waals surface area contributed by atoms with Crippen molar-refractivity contribution in [1.82, 2.24) is 4.90 Å². The summed E-state index contributed by atoms with van der Waals surface area (Å²) in [5.41, 5.74) is 0.874. The molecule has 0 aromatic carbocycles. The Bertz CT molecular complexity index is 294. The number of thiol groups is 1. The van der Waals surface area contributed by atoms with Gasteiger partial charge in [-0.05, 0) is 67.7 Å². The van der Waals surface area contributed by atoms with E-state index in [9.17, 15) is 0 Å². The summed E-state index contributed by atoms with van der Waals surface area (Å²) in [7, 11) is 0. The molecule has 2 heterocycles. The van der Waals surface area contributed by atoms with Gasteiger partial charge in [0.25, 0.3) is 0 Å². The number of likely N-dealkylation sites (tertiary alicyclic amines) is 1. The third-order valence-electron chi connectivity index (χ3n) is 5.49. The molecule has 3 heteroatoms. The van der Waals surface area contributed by atoms with Crippen molar-refractivity contribution in [2.75, 3.05) is 38.6 Å². The van der Waals surface area contributed by atoms with Crippen LogP contribution in [-0.4, -0.2) is 43.5 Å². The Kier molecular flexibility index (Phi) is 5.84. The van der Waals surface area contributed by atoms with Gasteiger partial charge in [0.15, 0.2) is 0 Å². The van der Waals surface area contributed by atoms with Gasteiger partial charge in [0.05, 0.1) is 0 Å². The van der Waals surface area contributed by atoms with Crippen molar-refractivity contribution in [1.29, 1.82) is 0 Å². The molecule has 1 atom stereocenters. The zero-order valence-electron chi connectivity index (χ0n) is 13.7. The minimum absolute atomic E-state index is 0.406. The first-order chi connectivity index (χ1) is 9.45. The van der Waals surface area contributed by atoms with Crippen LogP contribution in [0.15, 0.2) is 0 Å². The first-order valence-electron chi connectivity index (χ1n) is 8.36. The molecule has 2 nitrogen and oxygen atoms in total. The Morgan fingerprint density at radius 2 is 1.85 bits per heavy atom. The topological polar surface area (TPSA) is 12.5 Å². The molecule has 0 amide bonds. The van der Waals surface area contributed by atoms with E-state index in [0.29, 0.717) is 10.8 Å². The van der Waals surface area contributed by atoms with Crippen molar-refractivity contribution >= 4 is 12.6 Å². The molecule has 2 rings (SSSR count). The maximum absolute atomic E-state index is 5.55. The number of hydrogen-bond acceptors (Lipinski definition) is 3. The first kappa shape index (κ1) is 16.6. The lowest BCUT2D eigenvalue weighted by Crippen LogP contribution is -2.43. The molecule has 1 unspecified atom stereocenters. The SMILES string of the molecule is CC(C)(C)C1CCCN(CC2(CS)CCOCC2)CC1. The smallest absolute Gasteiger partial charge is 0.0472 e. The number of rotatable bonds is 3. The van der Waals surface area contributed by atoms with Crippen LogP contribution in [0.25, 0.3) is 0 Å². The van der Waals surface area contributed by atoms with E-state index in [4.69, 9.17) is 4.74 Å². The van der Waals surface area contributed by atoms with Crippen LogP contribution in [0.5, 0.6) is 0 Å². The Morgan fingerprint density at radius 3 is 2.45 bits per heavy atom. The highest BCUT2D eigenvalue weighted by Crippen LogP contribution is 2.37. The third kappa shape index (κ3) is 4.38. The van der Waals surface area contributed by atoms with Gasteiger partial charge in [-0.3, -0.25) is 0 Å². The van der Waals surface area contributed by atoms with Crippen LogP contribution < -0.4 is 0 Å². The molecule has 118 valence electrons. The summed E-state index contributed by atoms with van der Waals surface area (Å²) in [6.45, 7) is 12.9. The van der Waals surface area contributed by atoms with E-state index in [2.05, 4.69) is 38.3 Å². The summed E-state index contributed by atoms with van der Waals surface area (Å²) >= 11 is 4.66. The first-order valence-corrected chi connectivity index (χ1v) is 8.99. The lowest BCUT2D eigenvalue weighted by molar-refractivity contribution is 0.00788. The fourth-order valence-corrected chi connectivity index (χ4v) is 4.24. The molecule has 0 aromatic heterocycles. The number of hydrogen-bond donors (Lipinski definition) is 1. The second-order valence-corrected chi connectivity index (χ2v) is 8.36. The van der Waals surface area contributed by atoms with Gasteiger partial charge in [-0.1, -0.05) is 20.8 Å². The molecule has 2 aliphatic heterocycles. The molecular weight excluding hydrogens is 266 g/mol. The lowest BCUT2D eigenvalue weighted by Gasteiger charge is -2.40. The van der Waals surface area contributed by atoms with Crippen molar-refractivity contribution < 1.29 is 4.74 Å². The van der Waals surface area contributed by atoms with Gasteiger partial charge in [-0.25, -0.2) is 0 Å². The molecule has 0 aromatic rings. The van der Waals surface area contributed by atoms with E-state index in [-0.39, 0.29) is 0 Å². The predicted octanol–water partition coefficient (Wildman–Crippen LogP) is 3.86. The third-order valence-corrected chi connectivity index (χ3v) is 6.16. The van der Waals surface area contributed by atoms with Crippen LogP contribution in [-0.2, 0) is 4.74 Å². The molecule has 2 aliphatic rings. The summed E-state index contributed by atoms with van der Waals surface area (Å²) in [4.78, 5) is 2.72. The molecule has 0 spiro atoms. The van der Waals surface area contributed by atoms with Gasteiger partial charge in [-0.15, -0.1) is 0 Å². The summed E-state index contributed by atoms with van der Waals surface area (Å²) in [6, 6.07) is 0.